The molecule has 0 aromatic heterocycles. The monoisotopic (exact) mass is 276 g/mol. The van der Waals surface area contributed by atoms with E-state index in [9.17, 15) is 4.79 Å². The molecular weight excluding hydrogens is 252 g/mol. The number of likely N-dealkylation sites (N-methyl/N-ethyl adjacent to an activating group) is 1. The van der Waals surface area contributed by atoms with Crippen molar-refractivity contribution in [2.24, 2.45) is 0 Å². The normalized spacial score (nSPS) is 21.5. The molecule has 20 heavy (non-hydrogen) atoms. The maximum absolute atomic E-state index is 12.6. The second-order valence-electron chi connectivity index (χ2n) is 5.86. The molecule has 1 atom stereocenters. The minimum Gasteiger partial charge on any atom is -0.494 e. The predicted molar refractivity (Wildman–Crippen MR) is 81.5 cm³/mol. The van der Waals surface area contributed by atoms with Crippen molar-refractivity contribution in [3.63, 3.8) is 0 Å². The number of fused-ring (bicyclic) bond motifs is 1. The Morgan fingerprint density at radius 1 is 1.35 bits per heavy atom. The van der Waals surface area contributed by atoms with Crippen LogP contribution in [0.5, 0.6) is 5.75 Å². The van der Waals surface area contributed by atoms with Crippen LogP contribution in [0.25, 0.3) is 0 Å². The smallest absolute Gasteiger partial charge is 0.237 e. The van der Waals surface area contributed by atoms with Crippen molar-refractivity contribution in [1.29, 1.82) is 0 Å². The summed E-state index contributed by atoms with van der Waals surface area (Å²) in [5, 5.41) is 0. The highest BCUT2D eigenvalue weighted by Crippen LogP contribution is 2.44. The van der Waals surface area contributed by atoms with Crippen molar-refractivity contribution in [3.05, 3.63) is 23.8 Å². The highest BCUT2D eigenvalue weighted by molar-refractivity contribution is 6.07. The molecule has 0 bridgehead atoms. The molecule has 0 N–H and O–H groups in total. The number of rotatable bonds is 5. The molecule has 0 aliphatic carbocycles. The number of hydrogen-bond donors (Lipinski definition) is 0. The molecule has 4 nitrogen and oxygen atoms in total. The lowest BCUT2D eigenvalue weighted by atomic mass is 9.80. The number of hydrogen-bond acceptors (Lipinski definition) is 3. The Bertz CT molecular complexity index is 513. The second-order valence-corrected chi connectivity index (χ2v) is 5.86. The Hall–Kier alpha value is -1.55. The molecule has 1 aliphatic rings. The van der Waals surface area contributed by atoms with Gasteiger partial charge in [-0.3, -0.25) is 4.79 Å². The summed E-state index contributed by atoms with van der Waals surface area (Å²) in [6.07, 6.45) is 0.811. The Labute approximate surface area is 121 Å². The Balaban J connectivity index is 2.40. The highest BCUT2D eigenvalue weighted by Gasteiger charge is 2.45. The summed E-state index contributed by atoms with van der Waals surface area (Å²) < 4.78 is 5.58. The predicted octanol–water partition coefficient (Wildman–Crippen LogP) is 2.27. The fourth-order valence-electron chi connectivity index (χ4n) is 2.79. The topological polar surface area (TPSA) is 32.8 Å². The molecule has 0 saturated carbocycles. The van der Waals surface area contributed by atoms with E-state index in [1.807, 2.05) is 53.2 Å². The SMILES string of the molecule is CCOc1ccc2c(c1)C(C)(CCN(C)C)C(=O)N2C. The minimum absolute atomic E-state index is 0.169. The van der Waals surface area contributed by atoms with E-state index < -0.39 is 5.41 Å². The first-order chi connectivity index (χ1) is 9.40. The first kappa shape index (κ1) is 14.9. The number of carbonyl (C=O) groups is 1. The molecular formula is C16H24N2O2. The first-order valence-electron chi connectivity index (χ1n) is 7.10. The van der Waals surface area contributed by atoms with E-state index in [0.717, 1.165) is 30.0 Å². The van der Waals surface area contributed by atoms with E-state index in [2.05, 4.69) is 4.90 Å². The van der Waals surface area contributed by atoms with Crippen LogP contribution >= 0.6 is 0 Å². The van der Waals surface area contributed by atoms with Gasteiger partial charge in [-0.25, -0.2) is 0 Å². The van der Waals surface area contributed by atoms with Gasteiger partial charge in [-0.1, -0.05) is 0 Å². The van der Waals surface area contributed by atoms with Gasteiger partial charge in [-0.05, 0) is 64.7 Å². The van der Waals surface area contributed by atoms with Crippen molar-refractivity contribution in [2.45, 2.75) is 25.7 Å². The zero-order valence-electron chi connectivity index (χ0n) is 13.1. The van der Waals surface area contributed by atoms with E-state index in [-0.39, 0.29) is 5.91 Å². The van der Waals surface area contributed by atoms with Gasteiger partial charge in [0.2, 0.25) is 5.91 Å². The summed E-state index contributed by atoms with van der Waals surface area (Å²) in [6, 6.07) is 5.94. The third-order valence-electron chi connectivity index (χ3n) is 4.07. The third-order valence-corrected chi connectivity index (χ3v) is 4.07. The minimum atomic E-state index is -0.457. The number of ether oxygens (including phenoxy) is 1. The maximum Gasteiger partial charge on any atom is 0.237 e. The quantitative estimate of drug-likeness (QED) is 0.827. The Morgan fingerprint density at radius 2 is 2.05 bits per heavy atom. The Morgan fingerprint density at radius 3 is 2.65 bits per heavy atom. The summed E-state index contributed by atoms with van der Waals surface area (Å²) in [5.74, 6) is 1.01. The largest absolute Gasteiger partial charge is 0.494 e. The number of benzene rings is 1. The van der Waals surface area contributed by atoms with E-state index >= 15 is 0 Å². The zero-order valence-corrected chi connectivity index (χ0v) is 13.1. The molecule has 2 rings (SSSR count). The number of nitrogens with zero attached hydrogens (tertiary/aromatic N) is 2. The molecule has 1 amide bonds. The van der Waals surface area contributed by atoms with Gasteiger partial charge in [0.15, 0.2) is 0 Å². The van der Waals surface area contributed by atoms with Crippen LogP contribution in [0.15, 0.2) is 18.2 Å². The van der Waals surface area contributed by atoms with Gasteiger partial charge in [0.1, 0.15) is 5.75 Å². The van der Waals surface area contributed by atoms with Crippen molar-refractivity contribution in [2.75, 3.05) is 39.2 Å². The molecule has 1 unspecified atom stereocenters. The van der Waals surface area contributed by atoms with Crippen LogP contribution in [0.3, 0.4) is 0 Å². The average molecular weight is 276 g/mol. The van der Waals surface area contributed by atoms with Crippen molar-refractivity contribution >= 4 is 11.6 Å². The van der Waals surface area contributed by atoms with Gasteiger partial charge in [-0.2, -0.15) is 0 Å². The van der Waals surface area contributed by atoms with E-state index in [4.69, 9.17) is 4.74 Å². The molecule has 0 spiro atoms. The molecule has 4 heteroatoms. The summed E-state index contributed by atoms with van der Waals surface area (Å²) in [6.45, 7) is 5.53. The van der Waals surface area contributed by atoms with Crippen molar-refractivity contribution in [3.8, 4) is 5.75 Å². The lowest BCUT2D eigenvalue weighted by Crippen LogP contribution is -2.38. The molecule has 1 aromatic rings. The first-order valence-corrected chi connectivity index (χ1v) is 7.10. The maximum atomic E-state index is 12.6. The summed E-state index contributed by atoms with van der Waals surface area (Å²) in [4.78, 5) is 16.5. The van der Waals surface area contributed by atoms with Crippen LogP contribution in [-0.2, 0) is 10.2 Å². The van der Waals surface area contributed by atoms with E-state index in [1.54, 1.807) is 4.90 Å². The van der Waals surface area contributed by atoms with E-state index in [1.165, 1.54) is 0 Å². The van der Waals surface area contributed by atoms with Crippen LogP contribution in [0.4, 0.5) is 5.69 Å². The standard InChI is InChI=1S/C16H24N2O2/c1-6-20-12-7-8-14-13(11-12)16(2,9-10-17(3)4)15(19)18(14)5/h7-8,11H,6,9-10H2,1-5H3. The molecule has 1 aliphatic heterocycles. The van der Waals surface area contributed by atoms with Gasteiger partial charge >= 0.3 is 0 Å². The third kappa shape index (κ3) is 2.40. The Kier molecular flexibility index (Phi) is 4.04. The summed E-state index contributed by atoms with van der Waals surface area (Å²) in [7, 11) is 5.91. The molecule has 0 saturated heterocycles. The number of anilines is 1. The molecule has 110 valence electrons. The lowest BCUT2D eigenvalue weighted by Gasteiger charge is -2.25. The van der Waals surface area contributed by atoms with Gasteiger partial charge in [0.25, 0.3) is 0 Å². The van der Waals surface area contributed by atoms with Crippen LogP contribution in [0, 0.1) is 0 Å². The fourth-order valence-corrected chi connectivity index (χ4v) is 2.79. The van der Waals surface area contributed by atoms with Crippen LogP contribution < -0.4 is 9.64 Å². The second kappa shape index (κ2) is 5.44. The van der Waals surface area contributed by atoms with E-state index in [0.29, 0.717) is 6.61 Å². The van der Waals surface area contributed by atoms with Crippen LogP contribution in [0.2, 0.25) is 0 Å². The highest BCUT2D eigenvalue weighted by atomic mass is 16.5. The summed E-state index contributed by atoms with van der Waals surface area (Å²) in [5.41, 5.74) is 1.62. The molecule has 0 fully saturated rings. The number of carbonyl (C=O) groups excluding carboxylic acids is 1. The lowest BCUT2D eigenvalue weighted by molar-refractivity contribution is -0.122. The van der Waals surface area contributed by atoms with Gasteiger partial charge < -0.3 is 14.5 Å². The van der Waals surface area contributed by atoms with Gasteiger partial charge in [-0.15, -0.1) is 0 Å². The molecule has 1 aromatic carbocycles. The molecule has 0 radical (unpaired) electrons. The van der Waals surface area contributed by atoms with Crippen molar-refractivity contribution in [1.82, 2.24) is 4.90 Å². The van der Waals surface area contributed by atoms with Crippen LogP contribution in [0.1, 0.15) is 25.8 Å². The number of amides is 1. The molecule has 1 heterocycles. The average Bonchev–Trinajstić information content (AvgIpc) is 2.60. The van der Waals surface area contributed by atoms with Gasteiger partial charge in [0.05, 0.1) is 12.0 Å². The van der Waals surface area contributed by atoms with Crippen molar-refractivity contribution < 1.29 is 9.53 Å². The van der Waals surface area contributed by atoms with Gasteiger partial charge in [0, 0.05) is 12.7 Å². The summed E-state index contributed by atoms with van der Waals surface area (Å²) >= 11 is 0. The zero-order chi connectivity index (χ0) is 14.9. The van der Waals surface area contributed by atoms with Crippen LogP contribution in [-0.4, -0.2) is 45.1 Å². The fraction of sp³-hybridized carbons (Fsp3) is 0.562.